The number of nitriles is 2. The van der Waals surface area contributed by atoms with E-state index in [0.29, 0.717) is 12.3 Å². The van der Waals surface area contributed by atoms with Gasteiger partial charge < -0.3 is 25.2 Å². The van der Waals surface area contributed by atoms with E-state index in [1.54, 1.807) is 13.0 Å². The van der Waals surface area contributed by atoms with Gasteiger partial charge in [-0.3, -0.25) is 9.59 Å². The molecular weight excluding hydrogens is 641 g/mol. The van der Waals surface area contributed by atoms with Crippen molar-refractivity contribution in [1.29, 1.82) is 10.5 Å². The summed E-state index contributed by atoms with van der Waals surface area (Å²) in [7, 11) is 0. The quantitative estimate of drug-likeness (QED) is 0.0470. The van der Waals surface area contributed by atoms with E-state index in [9.17, 15) is 19.2 Å². The molecule has 0 bridgehead atoms. The Hall–Kier alpha value is -5.34. The summed E-state index contributed by atoms with van der Waals surface area (Å²) < 4.78 is 9.56. The van der Waals surface area contributed by atoms with Gasteiger partial charge in [-0.2, -0.15) is 10.5 Å². The molecule has 11 nitrogen and oxygen atoms in total. The average molecular weight is 681 g/mol. The summed E-state index contributed by atoms with van der Waals surface area (Å²) in [6.07, 6.45) is 3.09. The van der Waals surface area contributed by atoms with Gasteiger partial charge in [0.1, 0.15) is 35.7 Å². The molecule has 0 unspecified atom stereocenters. The first-order chi connectivity index (χ1) is 21.8. The molecule has 3 N–H and O–H groups in total. The van der Waals surface area contributed by atoms with Crippen molar-refractivity contribution in [1.82, 2.24) is 10.6 Å². The van der Waals surface area contributed by atoms with Crippen LogP contribution >= 0.6 is 22.7 Å². The highest BCUT2D eigenvalue weighted by Gasteiger charge is 2.11. The van der Waals surface area contributed by atoms with Crippen molar-refractivity contribution in [3.63, 3.8) is 0 Å². The molecule has 0 aliphatic carbocycles. The van der Waals surface area contributed by atoms with Crippen molar-refractivity contribution in [3.05, 3.63) is 105 Å². The Labute approximate surface area is 284 Å². The lowest BCUT2D eigenvalue weighted by Gasteiger charge is -2.09. The number of hydrogen-bond donors (Lipinski definition) is 3. The summed E-state index contributed by atoms with van der Waals surface area (Å²) in [4.78, 5) is 46.2. The number of nitrogens with zero attached hydrogens (tertiary/aromatic N) is 2. The second-order valence-electron chi connectivity index (χ2n) is 8.90. The summed E-state index contributed by atoms with van der Waals surface area (Å²) in [5.41, 5.74) is 1.25. The molecule has 0 saturated heterocycles. The monoisotopic (exact) mass is 680 g/mol. The molecule has 2 aromatic heterocycles. The molecule has 0 aromatic carbocycles. The first-order valence-corrected chi connectivity index (χ1v) is 15.1. The number of amides is 2. The van der Waals surface area contributed by atoms with Crippen molar-refractivity contribution >= 4 is 58.6 Å². The second kappa shape index (κ2) is 24.9. The van der Waals surface area contributed by atoms with Crippen LogP contribution in [-0.4, -0.2) is 55.2 Å². The van der Waals surface area contributed by atoms with Gasteiger partial charge in [0.2, 0.25) is 0 Å². The Morgan fingerprint density at radius 2 is 1.23 bits per heavy atom. The number of allylic oxidation sites excluding steroid dienone is 1. The maximum atomic E-state index is 11.8. The Kier molecular flexibility index (Phi) is 23.2. The molecule has 250 valence electrons. The molecule has 2 amide bonds. The van der Waals surface area contributed by atoms with Gasteiger partial charge in [-0.15, -0.1) is 22.7 Å². The van der Waals surface area contributed by atoms with E-state index < -0.39 is 23.8 Å². The molecule has 2 rings (SSSR count). The van der Waals surface area contributed by atoms with E-state index in [1.807, 2.05) is 47.2 Å². The zero-order chi connectivity index (χ0) is 35.1. The van der Waals surface area contributed by atoms with Crippen LogP contribution in [0.25, 0.3) is 12.2 Å². The number of ether oxygens (including phenoxy) is 2. The van der Waals surface area contributed by atoms with E-state index in [1.165, 1.54) is 42.6 Å². The highest BCUT2D eigenvalue weighted by atomic mass is 32.1. The van der Waals surface area contributed by atoms with Crippen molar-refractivity contribution in [2.24, 2.45) is 0 Å². The summed E-state index contributed by atoms with van der Waals surface area (Å²) in [6.45, 7) is 19.3. The molecule has 2 aromatic rings. The number of aliphatic hydroxyl groups excluding tert-OH is 1. The van der Waals surface area contributed by atoms with Gasteiger partial charge in [0.25, 0.3) is 11.8 Å². The van der Waals surface area contributed by atoms with Crippen LogP contribution in [0.2, 0.25) is 0 Å². The standard InChI is InChI=1S/C15H16N2O2S.C10H10N2O2S.C8H10O3.CH4/c1-11(2)12(3)19-7-6-17-15(18)13(10-16)9-14-5-4-8-20-14;11-7-8(10(14)12-3-4-13)6-9-2-1-5-15-9;1-5(2)7(9)11-8(10)6(3)4;/h4-5,8-9H,1,3,6-7H2,2H3,(H,17,18);1-2,5-6,13H,3-4H2,(H,12,14);1,3H2,2,4H3;1H4/b13-9+;8-6+;;. The summed E-state index contributed by atoms with van der Waals surface area (Å²) in [5.74, 6) is -1.80. The molecule has 0 spiro atoms. The third-order valence-corrected chi connectivity index (χ3v) is 6.45. The summed E-state index contributed by atoms with van der Waals surface area (Å²) in [6, 6.07) is 11.1. The molecular formula is C34H40N4O7S2. The molecule has 0 aliphatic heterocycles. The first kappa shape index (κ1) is 43.8. The zero-order valence-electron chi connectivity index (χ0n) is 25.9. The largest absolute Gasteiger partial charge is 0.492 e. The third-order valence-electron chi connectivity index (χ3n) is 4.81. The van der Waals surface area contributed by atoms with Crippen LogP contribution in [0, 0.1) is 22.7 Å². The first-order valence-electron chi connectivity index (χ1n) is 13.3. The summed E-state index contributed by atoms with van der Waals surface area (Å²) >= 11 is 2.92. The summed E-state index contributed by atoms with van der Waals surface area (Å²) in [5, 5.41) is 35.0. The smallest absolute Gasteiger partial charge is 0.340 e. The number of aliphatic hydroxyl groups is 1. The molecule has 0 fully saturated rings. The normalized spacial score (nSPS) is 9.91. The van der Waals surface area contributed by atoms with Gasteiger partial charge >= 0.3 is 11.9 Å². The van der Waals surface area contributed by atoms with Crippen molar-refractivity contribution < 1.29 is 33.8 Å². The molecule has 0 atom stereocenters. The minimum atomic E-state index is -0.710. The fraction of sp³-hybridized carbons (Fsp3) is 0.235. The van der Waals surface area contributed by atoms with Gasteiger partial charge in [0.15, 0.2) is 0 Å². The lowest BCUT2D eigenvalue weighted by atomic mass is 10.2. The van der Waals surface area contributed by atoms with Crippen LogP contribution in [0.4, 0.5) is 0 Å². The number of nitrogens with one attached hydrogen (secondary N) is 2. The fourth-order valence-electron chi connectivity index (χ4n) is 2.41. The lowest BCUT2D eigenvalue weighted by Crippen LogP contribution is -2.28. The maximum Gasteiger partial charge on any atom is 0.340 e. The number of thiophene rings is 2. The highest BCUT2D eigenvalue weighted by molar-refractivity contribution is 7.11. The molecule has 0 radical (unpaired) electrons. The van der Waals surface area contributed by atoms with Gasteiger partial charge in [-0.1, -0.05) is 45.9 Å². The van der Waals surface area contributed by atoms with Crippen LogP contribution < -0.4 is 10.6 Å². The SMILES string of the molecule is C.C=C(C)C(=C)OCCNC(=O)/C(C#N)=C/c1cccs1.C=C(C)C(=O)OC(=O)C(=C)C.N#C/C(=C\c1cccs1)C(=O)NCCO. The van der Waals surface area contributed by atoms with Gasteiger partial charge in [-0.25, -0.2) is 9.59 Å². The number of rotatable bonds is 13. The predicted octanol–water partition coefficient (Wildman–Crippen LogP) is 5.49. The Morgan fingerprint density at radius 1 is 0.809 bits per heavy atom. The van der Waals surface area contributed by atoms with Crippen molar-refractivity contribution in [3.8, 4) is 12.1 Å². The maximum absolute atomic E-state index is 11.8. The molecule has 47 heavy (non-hydrogen) atoms. The third kappa shape index (κ3) is 19.6. The van der Waals surface area contributed by atoms with Gasteiger partial charge in [0, 0.05) is 27.4 Å². The van der Waals surface area contributed by atoms with Crippen LogP contribution in [0.5, 0.6) is 0 Å². The van der Waals surface area contributed by atoms with Crippen molar-refractivity contribution in [2.45, 2.75) is 28.2 Å². The van der Waals surface area contributed by atoms with E-state index in [0.717, 1.165) is 15.3 Å². The number of carbonyl (C=O) groups is 4. The minimum absolute atomic E-state index is 0. The number of esters is 2. The average Bonchev–Trinajstić information content (AvgIpc) is 3.74. The van der Waals surface area contributed by atoms with E-state index in [4.69, 9.17) is 20.4 Å². The zero-order valence-corrected chi connectivity index (χ0v) is 27.5. The van der Waals surface area contributed by atoms with Crippen molar-refractivity contribution in [2.75, 3.05) is 26.3 Å². The molecule has 0 saturated carbocycles. The fourth-order valence-corrected chi connectivity index (χ4v) is 3.72. The van der Waals surface area contributed by atoms with Gasteiger partial charge in [-0.05, 0) is 61.4 Å². The molecule has 13 heteroatoms. The van der Waals surface area contributed by atoms with Gasteiger partial charge in [0.05, 0.1) is 13.2 Å². The van der Waals surface area contributed by atoms with E-state index in [-0.39, 0.29) is 49.5 Å². The van der Waals surface area contributed by atoms with E-state index >= 15 is 0 Å². The minimum Gasteiger partial charge on any atom is -0.492 e. The van der Waals surface area contributed by atoms with Crippen LogP contribution in [0.15, 0.2) is 95.0 Å². The Bertz CT molecular complexity index is 1520. The Balaban J connectivity index is 0. The highest BCUT2D eigenvalue weighted by Crippen LogP contribution is 2.14. The molecule has 2 heterocycles. The Morgan fingerprint density at radius 3 is 1.55 bits per heavy atom. The predicted molar refractivity (Wildman–Crippen MR) is 186 cm³/mol. The lowest BCUT2D eigenvalue weighted by molar-refractivity contribution is -0.154. The van der Waals surface area contributed by atoms with Crippen LogP contribution in [-0.2, 0) is 28.7 Å². The molecule has 0 aliphatic rings. The number of hydrogen-bond acceptors (Lipinski definition) is 11. The van der Waals surface area contributed by atoms with E-state index in [2.05, 4.69) is 41.7 Å². The van der Waals surface area contributed by atoms with Crippen LogP contribution in [0.3, 0.4) is 0 Å². The van der Waals surface area contributed by atoms with Crippen LogP contribution in [0.1, 0.15) is 38.0 Å². The number of carbonyl (C=O) groups excluding carboxylic acids is 4. The topological polar surface area (TPSA) is 179 Å². The second-order valence-corrected chi connectivity index (χ2v) is 10.9.